The molecule has 0 aliphatic heterocycles. The molecule has 0 saturated carbocycles. The summed E-state index contributed by atoms with van der Waals surface area (Å²) in [6, 6.07) is 12.9. The Morgan fingerprint density at radius 1 is 1.16 bits per heavy atom. The molecule has 2 aromatic carbocycles. The Hall–Kier alpha value is -4.44. The van der Waals surface area contributed by atoms with Crippen LogP contribution in [0.5, 0.6) is 0 Å². The lowest BCUT2D eigenvalue weighted by Gasteiger charge is -2.33. The summed E-state index contributed by atoms with van der Waals surface area (Å²) in [5.41, 5.74) is 10.2. The van der Waals surface area contributed by atoms with Gasteiger partial charge in [0.25, 0.3) is 0 Å². The lowest BCUT2D eigenvalue weighted by atomic mass is 9.88. The first kappa shape index (κ1) is 30.0. The number of rotatable bonds is 9. The van der Waals surface area contributed by atoms with Crippen molar-refractivity contribution in [3.63, 3.8) is 0 Å². The summed E-state index contributed by atoms with van der Waals surface area (Å²) < 4.78 is 7.88. The number of imide groups is 1. The molecule has 0 saturated heterocycles. The molecule has 0 spiro atoms. The molecular formula is C33H39N5O5. The van der Waals surface area contributed by atoms with E-state index in [4.69, 9.17) is 10.2 Å². The third-order valence-corrected chi connectivity index (χ3v) is 8.17. The summed E-state index contributed by atoms with van der Waals surface area (Å²) in [7, 11) is 1.92. The number of carbonyl (C=O) groups excluding carboxylic acids is 2. The molecule has 43 heavy (non-hydrogen) atoms. The number of nitrogens with one attached hydrogen (secondary N) is 1. The summed E-state index contributed by atoms with van der Waals surface area (Å²) in [5.74, 6) is -1.67. The van der Waals surface area contributed by atoms with Gasteiger partial charge in [-0.2, -0.15) is 0 Å². The van der Waals surface area contributed by atoms with Gasteiger partial charge in [0, 0.05) is 30.6 Å². The number of fused-ring (bicyclic) bond motifs is 2. The number of aromatic carboxylic acids is 1. The Morgan fingerprint density at radius 3 is 2.60 bits per heavy atom. The van der Waals surface area contributed by atoms with E-state index in [0.717, 1.165) is 51.8 Å². The minimum absolute atomic E-state index is 0.0351. The van der Waals surface area contributed by atoms with Gasteiger partial charge in [-0.25, -0.2) is 14.6 Å². The molecular weight excluding hydrogens is 546 g/mol. The van der Waals surface area contributed by atoms with Crippen molar-refractivity contribution in [2.24, 2.45) is 18.7 Å². The van der Waals surface area contributed by atoms with Gasteiger partial charge in [0.1, 0.15) is 11.8 Å². The average Bonchev–Trinajstić information content (AvgIpc) is 3.52. The van der Waals surface area contributed by atoms with Gasteiger partial charge in [-0.05, 0) is 61.3 Å². The van der Waals surface area contributed by atoms with Crippen LogP contribution in [0.2, 0.25) is 0 Å². The number of hydrogen-bond acceptors (Lipinski definition) is 6. The molecule has 0 radical (unpaired) electrons. The van der Waals surface area contributed by atoms with Gasteiger partial charge in [0.2, 0.25) is 11.8 Å². The molecule has 5 rings (SSSR count). The molecule has 4 N–H and O–H groups in total. The number of amides is 3. The Balaban J connectivity index is 1.61. The Morgan fingerprint density at radius 2 is 1.88 bits per heavy atom. The van der Waals surface area contributed by atoms with E-state index in [2.05, 4.69) is 16.4 Å². The van der Waals surface area contributed by atoms with Crippen molar-refractivity contribution in [2.75, 3.05) is 0 Å². The Bertz CT molecular complexity index is 1650. The maximum Gasteiger partial charge on any atom is 0.358 e. The minimum atomic E-state index is -1.26. The van der Waals surface area contributed by atoms with Gasteiger partial charge in [-0.1, -0.05) is 56.3 Å². The van der Waals surface area contributed by atoms with Crippen molar-refractivity contribution in [1.82, 2.24) is 19.8 Å². The van der Waals surface area contributed by atoms with Crippen LogP contribution in [-0.4, -0.2) is 43.5 Å². The molecule has 1 aliphatic rings. The van der Waals surface area contributed by atoms with Crippen LogP contribution < -0.4 is 11.1 Å². The Labute approximate surface area is 250 Å². The topological polar surface area (TPSA) is 144 Å². The molecule has 3 amide bonds. The zero-order valence-electron chi connectivity index (χ0n) is 25.0. The van der Waals surface area contributed by atoms with Crippen LogP contribution in [0, 0.1) is 12.8 Å². The number of nitrogens with zero attached hydrogens (tertiary/aromatic N) is 3. The summed E-state index contributed by atoms with van der Waals surface area (Å²) >= 11 is 0. The summed E-state index contributed by atoms with van der Waals surface area (Å²) in [6.07, 6.45) is 4.98. The zero-order chi connectivity index (χ0) is 30.8. The van der Waals surface area contributed by atoms with Crippen LogP contribution in [0.3, 0.4) is 0 Å². The normalized spacial score (nSPS) is 16.1. The molecule has 4 aromatic rings. The van der Waals surface area contributed by atoms with E-state index in [1.165, 1.54) is 6.92 Å². The molecule has 2 heterocycles. The van der Waals surface area contributed by atoms with Crippen molar-refractivity contribution >= 4 is 28.8 Å². The second-order valence-electron chi connectivity index (χ2n) is 11.8. The smallest absolute Gasteiger partial charge is 0.358 e. The predicted octanol–water partition coefficient (Wildman–Crippen LogP) is 5.45. The highest BCUT2D eigenvalue weighted by molar-refractivity contribution is 5.98. The molecule has 1 unspecified atom stereocenters. The lowest BCUT2D eigenvalue weighted by molar-refractivity contribution is -0.132. The molecule has 226 valence electrons. The van der Waals surface area contributed by atoms with Crippen LogP contribution in [0.1, 0.15) is 84.0 Å². The first-order valence-electron chi connectivity index (χ1n) is 14.8. The fourth-order valence-electron chi connectivity index (χ4n) is 6.15. The highest BCUT2D eigenvalue weighted by atomic mass is 16.4. The number of para-hydroxylation sites is 1. The zero-order valence-corrected chi connectivity index (χ0v) is 25.0. The fourth-order valence-corrected chi connectivity index (χ4v) is 6.15. The Kier molecular flexibility index (Phi) is 8.68. The maximum absolute atomic E-state index is 14.3. The average molecular weight is 586 g/mol. The van der Waals surface area contributed by atoms with E-state index < -0.39 is 30.0 Å². The SMILES string of the molecule is Cc1oc([C@@H](Cc2cn(C)c3ccccc23)N(C(=O)NC2CCCc3ccccc32)C(=O)[C@@H](N)CC(C)C)nc1C(=O)O. The van der Waals surface area contributed by atoms with E-state index in [1.54, 1.807) is 0 Å². The van der Waals surface area contributed by atoms with Crippen LogP contribution in [0.15, 0.2) is 59.1 Å². The van der Waals surface area contributed by atoms with E-state index in [9.17, 15) is 19.5 Å². The van der Waals surface area contributed by atoms with Crippen LogP contribution in [0.4, 0.5) is 4.79 Å². The number of aryl methyl sites for hydroxylation is 3. The highest BCUT2D eigenvalue weighted by Crippen LogP contribution is 2.34. The number of aromatic nitrogens is 2. The van der Waals surface area contributed by atoms with Crippen LogP contribution >= 0.6 is 0 Å². The van der Waals surface area contributed by atoms with Gasteiger partial charge in [0.15, 0.2) is 5.69 Å². The summed E-state index contributed by atoms with van der Waals surface area (Å²) in [4.78, 5) is 45.8. The van der Waals surface area contributed by atoms with Crippen molar-refractivity contribution in [1.29, 1.82) is 0 Å². The van der Waals surface area contributed by atoms with Crippen LogP contribution in [0.25, 0.3) is 10.9 Å². The number of hydrogen-bond donors (Lipinski definition) is 3. The third-order valence-electron chi connectivity index (χ3n) is 8.17. The van der Waals surface area contributed by atoms with E-state index >= 15 is 0 Å². The second kappa shape index (κ2) is 12.4. The van der Waals surface area contributed by atoms with Crippen molar-refractivity contribution in [2.45, 2.75) is 71.0 Å². The summed E-state index contributed by atoms with van der Waals surface area (Å²) in [6.45, 7) is 5.42. The third kappa shape index (κ3) is 6.19. The molecule has 10 nitrogen and oxygen atoms in total. The van der Waals surface area contributed by atoms with E-state index in [1.807, 2.05) is 74.1 Å². The number of carboxylic acids is 1. The number of carbonyl (C=O) groups is 3. The fraction of sp³-hybridized carbons (Fsp3) is 0.394. The monoisotopic (exact) mass is 585 g/mol. The van der Waals surface area contributed by atoms with Crippen LogP contribution in [-0.2, 0) is 24.7 Å². The number of urea groups is 1. The van der Waals surface area contributed by atoms with Gasteiger partial charge in [0.05, 0.1) is 12.1 Å². The largest absolute Gasteiger partial charge is 0.476 e. The maximum atomic E-state index is 14.3. The molecule has 3 atom stereocenters. The van der Waals surface area contributed by atoms with Gasteiger partial charge >= 0.3 is 12.0 Å². The highest BCUT2D eigenvalue weighted by Gasteiger charge is 2.39. The molecule has 10 heteroatoms. The van der Waals surface area contributed by atoms with E-state index in [-0.39, 0.29) is 35.7 Å². The molecule has 0 fully saturated rings. The first-order valence-corrected chi connectivity index (χ1v) is 14.8. The van der Waals surface area contributed by atoms with Crippen molar-refractivity contribution in [3.8, 4) is 0 Å². The van der Waals surface area contributed by atoms with Gasteiger partial charge in [-0.15, -0.1) is 0 Å². The quantitative estimate of drug-likeness (QED) is 0.237. The molecule has 2 aromatic heterocycles. The van der Waals surface area contributed by atoms with Crippen molar-refractivity contribution in [3.05, 3.63) is 88.8 Å². The molecule has 0 bridgehead atoms. The number of nitrogens with two attached hydrogens (primary N) is 1. The lowest BCUT2D eigenvalue weighted by Crippen LogP contribution is -2.53. The number of benzene rings is 2. The second-order valence-corrected chi connectivity index (χ2v) is 11.8. The van der Waals surface area contributed by atoms with Crippen molar-refractivity contribution < 1.29 is 23.9 Å². The molecule has 1 aliphatic carbocycles. The summed E-state index contributed by atoms with van der Waals surface area (Å²) in [5, 5.41) is 13.8. The van der Waals surface area contributed by atoms with Gasteiger partial charge < -0.3 is 25.1 Å². The van der Waals surface area contributed by atoms with Gasteiger partial charge in [-0.3, -0.25) is 9.69 Å². The number of oxazole rings is 1. The number of carboxylic acid groups (broad SMARTS) is 1. The first-order chi connectivity index (χ1) is 20.5. The minimum Gasteiger partial charge on any atom is -0.476 e. The standard InChI is InChI=1S/C33H39N5O5/c1-19(2)16-25(34)31(39)38(33(42)35-26-14-9-11-21-10-5-6-12-23(21)26)28(30-36-29(32(40)41)20(3)43-30)17-22-18-37(4)27-15-8-7-13-24(22)27/h5-8,10,12-13,15,18-19,25-26,28H,9,11,14,16-17,34H2,1-4H3,(H,35,42)(H,40,41)/t25-,26?,28+/m0/s1. The van der Waals surface area contributed by atoms with E-state index in [0.29, 0.717) is 6.42 Å². The predicted molar refractivity (Wildman–Crippen MR) is 162 cm³/mol.